The normalized spacial score (nSPS) is 11.6. The largest absolute Gasteiger partial charge is 0.496 e. The summed E-state index contributed by atoms with van der Waals surface area (Å²) in [6, 6.07) is 13.6. The molecule has 0 radical (unpaired) electrons. The minimum atomic E-state index is -0.200. The van der Waals surface area contributed by atoms with Crippen LogP contribution in [0.3, 0.4) is 0 Å². The lowest BCUT2D eigenvalue weighted by molar-refractivity contribution is -0.120. The Labute approximate surface area is 165 Å². The van der Waals surface area contributed by atoms with Crippen molar-refractivity contribution in [1.82, 2.24) is 5.32 Å². The molecule has 0 aromatic heterocycles. The first-order valence-corrected chi connectivity index (χ1v) is 9.75. The van der Waals surface area contributed by atoms with Gasteiger partial charge in [-0.05, 0) is 49.6 Å². The van der Waals surface area contributed by atoms with Crippen LogP contribution >= 0.6 is 11.8 Å². The molecule has 5 nitrogen and oxygen atoms in total. The van der Waals surface area contributed by atoms with Gasteiger partial charge in [-0.15, -0.1) is 11.8 Å². The summed E-state index contributed by atoms with van der Waals surface area (Å²) in [7, 11) is 4.88. The van der Waals surface area contributed by atoms with Gasteiger partial charge in [0.2, 0.25) is 5.91 Å². The first kappa shape index (κ1) is 21.0. The van der Waals surface area contributed by atoms with Crippen molar-refractivity contribution in [2.75, 3.05) is 27.9 Å². The second kappa shape index (κ2) is 10.7. The highest BCUT2D eigenvalue weighted by Crippen LogP contribution is 2.33. The van der Waals surface area contributed by atoms with Gasteiger partial charge < -0.3 is 19.5 Å². The molecule has 0 bridgehead atoms. The fourth-order valence-electron chi connectivity index (χ4n) is 2.69. The number of nitrogens with one attached hydrogen (secondary N) is 1. The molecule has 1 amide bonds. The molecule has 0 saturated carbocycles. The third-order valence-corrected chi connectivity index (χ3v) is 5.25. The third-order valence-electron chi connectivity index (χ3n) is 4.15. The molecular weight excluding hydrogens is 362 g/mol. The number of methoxy groups -OCH3 is 3. The molecule has 0 saturated heterocycles. The number of rotatable bonds is 10. The Morgan fingerprint density at radius 3 is 2.41 bits per heavy atom. The third kappa shape index (κ3) is 6.10. The van der Waals surface area contributed by atoms with E-state index >= 15 is 0 Å². The Balaban J connectivity index is 1.80. The Kier molecular flexibility index (Phi) is 8.33. The first-order valence-electron chi connectivity index (χ1n) is 8.87. The van der Waals surface area contributed by atoms with Gasteiger partial charge in [-0.25, -0.2) is 0 Å². The molecule has 27 heavy (non-hydrogen) atoms. The molecule has 2 rings (SSSR count). The summed E-state index contributed by atoms with van der Waals surface area (Å²) in [5.41, 5.74) is 1.15. The van der Waals surface area contributed by atoms with Crippen LogP contribution < -0.4 is 19.5 Å². The maximum Gasteiger partial charge on any atom is 0.233 e. The van der Waals surface area contributed by atoms with Crippen molar-refractivity contribution in [2.45, 2.75) is 29.9 Å². The number of amides is 1. The standard InChI is InChI=1S/C21H27NO4S/c1-15(27-17-11-12-19(25-3)20(14-17)26-4)21(23)22-13-7-9-16-8-5-6-10-18(16)24-2/h5-6,8,10-12,14-15H,7,9,13H2,1-4H3,(H,22,23). The van der Waals surface area contributed by atoms with E-state index in [0.29, 0.717) is 18.0 Å². The minimum absolute atomic E-state index is 0.0230. The van der Waals surface area contributed by atoms with E-state index in [2.05, 4.69) is 11.4 Å². The highest BCUT2D eigenvalue weighted by molar-refractivity contribution is 8.00. The molecule has 1 N–H and O–H groups in total. The van der Waals surface area contributed by atoms with Crippen molar-refractivity contribution < 1.29 is 19.0 Å². The van der Waals surface area contributed by atoms with E-state index in [0.717, 1.165) is 29.1 Å². The number of para-hydroxylation sites is 1. The number of carbonyl (C=O) groups is 1. The van der Waals surface area contributed by atoms with Gasteiger partial charge in [0.25, 0.3) is 0 Å². The van der Waals surface area contributed by atoms with Gasteiger partial charge >= 0.3 is 0 Å². The van der Waals surface area contributed by atoms with E-state index < -0.39 is 0 Å². The number of benzene rings is 2. The van der Waals surface area contributed by atoms with E-state index in [1.807, 2.05) is 43.3 Å². The lowest BCUT2D eigenvalue weighted by Gasteiger charge is -2.14. The van der Waals surface area contributed by atoms with Crippen LogP contribution in [0, 0.1) is 0 Å². The van der Waals surface area contributed by atoms with Gasteiger partial charge in [0.15, 0.2) is 11.5 Å². The van der Waals surface area contributed by atoms with Crippen LogP contribution in [0.25, 0.3) is 0 Å². The number of thioether (sulfide) groups is 1. The molecule has 0 aliphatic heterocycles. The molecule has 0 fully saturated rings. The summed E-state index contributed by atoms with van der Waals surface area (Å²) in [5.74, 6) is 2.25. The monoisotopic (exact) mass is 389 g/mol. The lowest BCUT2D eigenvalue weighted by Crippen LogP contribution is -2.31. The van der Waals surface area contributed by atoms with E-state index in [-0.39, 0.29) is 11.2 Å². The van der Waals surface area contributed by atoms with Crippen molar-refractivity contribution in [3.63, 3.8) is 0 Å². The predicted molar refractivity (Wildman–Crippen MR) is 109 cm³/mol. The van der Waals surface area contributed by atoms with Crippen LogP contribution in [0.2, 0.25) is 0 Å². The van der Waals surface area contributed by atoms with Gasteiger partial charge in [0.1, 0.15) is 5.75 Å². The summed E-state index contributed by atoms with van der Waals surface area (Å²) < 4.78 is 15.9. The van der Waals surface area contributed by atoms with Crippen LogP contribution in [0.1, 0.15) is 18.9 Å². The van der Waals surface area contributed by atoms with Crippen molar-refractivity contribution in [3.05, 3.63) is 48.0 Å². The van der Waals surface area contributed by atoms with Gasteiger partial charge in [0, 0.05) is 11.4 Å². The van der Waals surface area contributed by atoms with Crippen LogP contribution in [0.4, 0.5) is 0 Å². The molecule has 146 valence electrons. The summed E-state index contributed by atoms with van der Waals surface area (Å²) in [5, 5.41) is 2.81. The van der Waals surface area contributed by atoms with E-state index in [1.165, 1.54) is 11.8 Å². The molecule has 1 unspecified atom stereocenters. The van der Waals surface area contributed by atoms with Crippen molar-refractivity contribution in [3.8, 4) is 17.2 Å². The Morgan fingerprint density at radius 2 is 1.70 bits per heavy atom. The number of hydrogen-bond donors (Lipinski definition) is 1. The maximum absolute atomic E-state index is 12.3. The lowest BCUT2D eigenvalue weighted by atomic mass is 10.1. The Hall–Kier alpha value is -2.34. The molecule has 0 aliphatic carbocycles. The number of carbonyl (C=O) groups excluding carboxylic acids is 1. The highest BCUT2D eigenvalue weighted by Gasteiger charge is 2.15. The van der Waals surface area contributed by atoms with Crippen molar-refractivity contribution in [1.29, 1.82) is 0 Å². The van der Waals surface area contributed by atoms with Crippen LogP contribution in [0.5, 0.6) is 17.2 Å². The first-order chi connectivity index (χ1) is 13.1. The van der Waals surface area contributed by atoms with Gasteiger partial charge in [-0.2, -0.15) is 0 Å². The van der Waals surface area contributed by atoms with Gasteiger partial charge in [-0.3, -0.25) is 4.79 Å². The topological polar surface area (TPSA) is 56.8 Å². The second-order valence-corrected chi connectivity index (χ2v) is 7.40. The predicted octanol–water partition coefficient (Wildman–Crippen LogP) is 3.94. The molecule has 2 aromatic carbocycles. The molecule has 2 aromatic rings. The average molecular weight is 390 g/mol. The zero-order chi connectivity index (χ0) is 19.6. The summed E-state index contributed by atoms with van der Waals surface area (Å²) >= 11 is 1.49. The van der Waals surface area contributed by atoms with Crippen molar-refractivity contribution in [2.24, 2.45) is 0 Å². The molecular formula is C21H27NO4S. The zero-order valence-electron chi connectivity index (χ0n) is 16.3. The number of aryl methyl sites for hydroxylation is 1. The average Bonchev–Trinajstić information content (AvgIpc) is 2.71. The van der Waals surface area contributed by atoms with E-state index in [1.54, 1.807) is 21.3 Å². The van der Waals surface area contributed by atoms with Crippen LogP contribution in [0.15, 0.2) is 47.4 Å². The molecule has 0 heterocycles. The summed E-state index contributed by atoms with van der Waals surface area (Å²) in [6.45, 7) is 2.53. The van der Waals surface area contributed by atoms with Gasteiger partial charge in [-0.1, -0.05) is 18.2 Å². The van der Waals surface area contributed by atoms with Gasteiger partial charge in [0.05, 0.1) is 26.6 Å². The summed E-state index contributed by atoms with van der Waals surface area (Å²) in [6.07, 6.45) is 1.72. The van der Waals surface area contributed by atoms with Crippen LogP contribution in [-0.2, 0) is 11.2 Å². The maximum atomic E-state index is 12.3. The van der Waals surface area contributed by atoms with Crippen LogP contribution in [-0.4, -0.2) is 39.0 Å². The number of hydrogen-bond acceptors (Lipinski definition) is 5. The SMILES string of the molecule is COc1ccccc1CCCNC(=O)C(C)Sc1ccc(OC)c(OC)c1. The molecule has 0 aliphatic rings. The Bertz CT molecular complexity index is 751. The Morgan fingerprint density at radius 1 is 1.00 bits per heavy atom. The minimum Gasteiger partial charge on any atom is -0.496 e. The zero-order valence-corrected chi connectivity index (χ0v) is 17.1. The smallest absolute Gasteiger partial charge is 0.233 e. The summed E-state index contributed by atoms with van der Waals surface area (Å²) in [4.78, 5) is 13.3. The van der Waals surface area contributed by atoms with E-state index in [4.69, 9.17) is 14.2 Å². The molecule has 0 spiro atoms. The molecule has 6 heteroatoms. The highest BCUT2D eigenvalue weighted by atomic mass is 32.2. The fourth-order valence-corrected chi connectivity index (χ4v) is 3.61. The number of ether oxygens (including phenoxy) is 3. The fraction of sp³-hybridized carbons (Fsp3) is 0.381. The quantitative estimate of drug-likeness (QED) is 0.493. The molecule has 1 atom stereocenters. The second-order valence-electron chi connectivity index (χ2n) is 5.98. The van der Waals surface area contributed by atoms with Crippen molar-refractivity contribution >= 4 is 17.7 Å². The van der Waals surface area contributed by atoms with E-state index in [9.17, 15) is 4.79 Å².